The first-order valence-corrected chi connectivity index (χ1v) is 9.35. The Balaban J connectivity index is 1.75. The Morgan fingerprint density at radius 2 is 1.82 bits per heavy atom. The number of benzene rings is 1. The molecule has 0 radical (unpaired) electrons. The molecular formula is C20H24F2N2O4. The molecule has 2 amide bonds. The fraction of sp³-hybridized carbons (Fsp3) is 0.550. The van der Waals surface area contributed by atoms with Crippen molar-refractivity contribution in [1.29, 1.82) is 0 Å². The van der Waals surface area contributed by atoms with Crippen molar-refractivity contribution in [2.24, 2.45) is 5.92 Å². The smallest absolute Gasteiger partial charge is 0.311 e. The van der Waals surface area contributed by atoms with Gasteiger partial charge in [-0.1, -0.05) is 0 Å². The van der Waals surface area contributed by atoms with E-state index in [9.17, 15) is 23.2 Å². The average molecular weight is 394 g/mol. The van der Waals surface area contributed by atoms with Gasteiger partial charge in [-0.2, -0.15) is 0 Å². The Morgan fingerprint density at radius 3 is 2.39 bits per heavy atom. The second-order valence-corrected chi connectivity index (χ2v) is 8.29. The molecule has 0 saturated carbocycles. The monoisotopic (exact) mass is 394 g/mol. The number of hydrogen-bond donors (Lipinski definition) is 1. The van der Waals surface area contributed by atoms with Gasteiger partial charge in [-0.15, -0.1) is 0 Å². The maximum atomic E-state index is 14.7. The van der Waals surface area contributed by atoms with Crippen LogP contribution in [-0.4, -0.2) is 36.5 Å². The largest absolute Gasteiger partial charge is 0.460 e. The Bertz CT molecular complexity index is 796. The van der Waals surface area contributed by atoms with Gasteiger partial charge in [0, 0.05) is 30.8 Å². The molecule has 152 valence electrons. The van der Waals surface area contributed by atoms with Gasteiger partial charge in [0.15, 0.2) is 0 Å². The summed E-state index contributed by atoms with van der Waals surface area (Å²) in [5.74, 6) is -4.50. The molecular weight excluding hydrogens is 370 g/mol. The fourth-order valence-electron chi connectivity index (χ4n) is 3.63. The zero-order valence-electron chi connectivity index (χ0n) is 16.2. The molecule has 1 aromatic rings. The van der Waals surface area contributed by atoms with E-state index < -0.39 is 35.0 Å². The summed E-state index contributed by atoms with van der Waals surface area (Å²) >= 11 is 0. The summed E-state index contributed by atoms with van der Waals surface area (Å²) in [4.78, 5) is 37.2. The van der Waals surface area contributed by atoms with Crippen LogP contribution in [0.25, 0.3) is 0 Å². The van der Waals surface area contributed by atoms with Gasteiger partial charge in [0.05, 0.1) is 11.8 Å². The maximum Gasteiger partial charge on any atom is 0.311 e. The van der Waals surface area contributed by atoms with E-state index in [0.29, 0.717) is 25.2 Å². The Hall–Kier alpha value is -2.51. The van der Waals surface area contributed by atoms with Gasteiger partial charge in [0.2, 0.25) is 11.8 Å². The molecule has 2 saturated heterocycles. The van der Waals surface area contributed by atoms with E-state index >= 15 is 0 Å². The number of imide groups is 1. The van der Waals surface area contributed by atoms with Crippen molar-refractivity contribution in [3.05, 3.63) is 29.3 Å². The SMILES string of the molecule is CC(C)(C)OC(=O)C1CCN(c2cc(F)c(C3CCC(=O)NC3=O)c(F)c2)C1. The number of carbonyl (C=O) groups excluding carboxylic acids is 3. The number of piperidine rings is 1. The normalized spacial score (nSPS) is 23.0. The molecule has 6 nitrogen and oxygen atoms in total. The number of amides is 2. The second kappa shape index (κ2) is 7.48. The molecule has 2 fully saturated rings. The van der Waals surface area contributed by atoms with Crippen molar-refractivity contribution in [2.75, 3.05) is 18.0 Å². The molecule has 0 aliphatic carbocycles. The molecule has 3 rings (SSSR count). The summed E-state index contributed by atoms with van der Waals surface area (Å²) in [6, 6.07) is 2.36. The highest BCUT2D eigenvalue weighted by Crippen LogP contribution is 2.34. The summed E-state index contributed by atoms with van der Waals surface area (Å²) in [5.41, 5.74) is -0.597. The first kappa shape index (κ1) is 20.2. The number of anilines is 1. The van der Waals surface area contributed by atoms with Crippen LogP contribution in [0.1, 0.15) is 51.5 Å². The van der Waals surface area contributed by atoms with Crippen LogP contribution >= 0.6 is 0 Å². The topological polar surface area (TPSA) is 75.7 Å². The van der Waals surface area contributed by atoms with Crippen molar-refractivity contribution in [2.45, 2.75) is 51.6 Å². The van der Waals surface area contributed by atoms with Gasteiger partial charge in [0.1, 0.15) is 17.2 Å². The minimum atomic E-state index is -1.03. The number of nitrogens with one attached hydrogen (secondary N) is 1. The van der Waals surface area contributed by atoms with Gasteiger partial charge in [-0.05, 0) is 45.7 Å². The lowest BCUT2D eigenvalue weighted by Crippen LogP contribution is -2.40. The first-order chi connectivity index (χ1) is 13.0. The third-order valence-corrected chi connectivity index (χ3v) is 4.94. The number of esters is 1. The van der Waals surface area contributed by atoms with Gasteiger partial charge in [-0.25, -0.2) is 8.78 Å². The van der Waals surface area contributed by atoms with Gasteiger partial charge in [0.25, 0.3) is 0 Å². The number of rotatable bonds is 3. The van der Waals surface area contributed by atoms with E-state index in [-0.39, 0.29) is 30.3 Å². The van der Waals surface area contributed by atoms with Crippen LogP contribution in [0.4, 0.5) is 14.5 Å². The summed E-state index contributed by atoms with van der Waals surface area (Å²) < 4.78 is 34.7. The van der Waals surface area contributed by atoms with E-state index in [2.05, 4.69) is 5.32 Å². The highest BCUT2D eigenvalue weighted by molar-refractivity contribution is 6.01. The van der Waals surface area contributed by atoms with Crippen LogP contribution < -0.4 is 10.2 Å². The van der Waals surface area contributed by atoms with E-state index in [4.69, 9.17) is 4.74 Å². The van der Waals surface area contributed by atoms with Crippen LogP contribution in [-0.2, 0) is 19.1 Å². The minimum Gasteiger partial charge on any atom is -0.460 e. The molecule has 2 aliphatic heterocycles. The van der Waals surface area contributed by atoms with Crippen LogP contribution in [0.3, 0.4) is 0 Å². The van der Waals surface area contributed by atoms with Crippen molar-refractivity contribution in [3.63, 3.8) is 0 Å². The zero-order valence-corrected chi connectivity index (χ0v) is 16.2. The van der Waals surface area contributed by atoms with Gasteiger partial charge < -0.3 is 9.64 Å². The van der Waals surface area contributed by atoms with Gasteiger partial charge in [-0.3, -0.25) is 19.7 Å². The quantitative estimate of drug-likeness (QED) is 0.630. The molecule has 0 aromatic heterocycles. The zero-order chi connectivity index (χ0) is 20.6. The van der Waals surface area contributed by atoms with Crippen LogP contribution in [0.15, 0.2) is 12.1 Å². The Labute approximate surface area is 162 Å². The predicted octanol–water partition coefficient (Wildman–Crippen LogP) is 2.65. The second-order valence-electron chi connectivity index (χ2n) is 8.29. The highest BCUT2D eigenvalue weighted by Gasteiger charge is 2.35. The number of nitrogens with zero attached hydrogens (tertiary/aromatic N) is 1. The third kappa shape index (κ3) is 4.31. The molecule has 2 unspecified atom stereocenters. The molecule has 0 spiro atoms. The number of halogens is 2. The Morgan fingerprint density at radius 1 is 1.18 bits per heavy atom. The molecule has 2 aliphatic rings. The molecule has 2 heterocycles. The summed E-state index contributed by atoms with van der Waals surface area (Å²) in [6.07, 6.45) is 0.649. The fourth-order valence-corrected chi connectivity index (χ4v) is 3.63. The van der Waals surface area contributed by atoms with Crippen molar-refractivity contribution < 1.29 is 27.9 Å². The highest BCUT2D eigenvalue weighted by atomic mass is 19.1. The minimum absolute atomic E-state index is 0.0424. The summed E-state index contributed by atoms with van der Waals surface area (Å²) in [5, 5.41) is 2.12. The van der Waals surface area contributed by atoms with Crippen molar-refractivity contribution in [1.82, 2.24) is 5.32 Å². The molecule has 1 aromatic carbocycles. The lowest BCUT2D eigenvalue weighted by atomic mass is 9.89. The van der Waals surface area contributed by atoms with E-state index in [1.54, 1.807) is 25.7 Å². The summed E-state index contributed by atoms with van der Waals surface area (Å²) in [6.45, 7) is 6.15. The Kier molecular flexibility index (Phi) is 5.41. The molecule has 1 N–H and O–H groups in total. The van der Waals surface area contributed by atoms with Gasteiger partial charge >= 0.3 is 5.97 Å². The van der Waals surface area contributed by atoms with E-state index in [1.165, 1.54) is 12.1 Å². The summed E-state index contributed by atoms with van der Waals surface area (Å²) in [7, 11) is 0. The lowest BCUT2D eigenvalue weighted by Gasteiger charge is -2.25. The molecule has 2 atom stereocenters. The van der Waals surface area contributed by atoms with Crippen LogP contribution in [0.5, 0.6) is 0 Å². The van der Waals surface area contributed by atoms with E-state index in [0.717, 1.165) is 0 Å². The first-order valence-electron chi connectivity index (χ1n) is 9.35. The molecule has 0 bridgehead atoms. The number of carbonyl (C=O) groups is 3. The van der Waals surface area contributed by atoms with Crippen LogP contribution in [0, 0.1) is 17.6 Å². The van der Waals surface area contributed by atoms with Crippen molar-refractivity contribution >= 4 is 23.5 Å². The van der Waals surface area contributed by atoms with Crippen LogP contribution in [0.2, 0.25) is 0 Å². The lowest BCUT2D eigenvalue weighted by molar-refractivity contribution is -0.159. The molecule has 28 heavy (non-hydrogen) atoms. The number of hydrogen-bond acceptors (Lipinski definition) is 5. The standard InChI is InChI=1S/C20H24F2N2O4/c1-20(2,3)28-19(27)11-6-7-24(10-11)12-8-14(21)17(15(22)9-12)13-4-5-16(25)23-18(13)26/h8-9,11,13H,4-7,10H2,1-3H3,(H,23,25,26). The average Bonchev–Trinajstić information content (AvgIpc) is 3.04. The number of ether oxygens (including phenoxy) is 1. The van der Waals surface area contributed by atoms with Crippen molar-refractivity contribution in [3.8, 4) is 0 Å². The predicted molar refractivity (Wildman–Crippen MR) is 97.6 cm³/mol. The maximum absolute atomic E-state index is 14.7. The van der Waals surface area contributed by atoms with E-state index in [1.807, 2.05) is 0 Å². The third-order valence-electron chi connectivity index (χ3n) is 4.94. The molecule has 8 heteroatoms.